The van der Waals surface area contributed by atoms with Crippen molar-refractivity contribution in [1.29, 1.82) is 0 Å². The van der Waals surface area contributed by atoms with Crippen LogP contribution in [0.1, 0.15) is 46.6 Å². The van der Waals surface area contributed by atoms with Crippen molar-refractivity contribution in [2.24, 2.45) is 5.92 Å². The largest absolute Gasteiger partial charge is 0.444 e. The SMILES string of the molecule is C[C@@H]1C[C@@H](C)N(Cc2ccccc2)C[C@H]1NC(=O)OC(C)(C)C. The smallest absolute Gasteiger partial charge is 0.407 e. The lowest BCUT2D eigenvalue weighted by Gasteiger charge is -2.42. The summed E-state index contributed by atoms with van der Waals surface area (Å²) in [5.74, 6) is 0.449. The summed E-state index contributed by atoms with van der Waals surface area (Å²) in [7, 11) is 0. The van der Waals surface area contributed by atoms with Gasteiger partial charge in [0.1, 0.15) is 5.60 Å². The molecule has 0 aliphatic carbocycles. The third-order valence-electron chi connectivity index (χ3n) is 4.38. The Hall–Kier alpha value is -1.55. The summed E-state index contributed by atoms with van der Waals surface area (Å²) in [4.78, 5) is 14.5. The van der Waals surface area contributed by atoms with Crippen LogP contribution in [-0.2, 0) is 11.3 Å². The maximum atomic E-state index is 12.1. The lowest BCUT2D eigenvalue weighted by molar-refractivity contribution is 0.0377. The van der Waals surface area contributed by atoms with Crippen molar-refractivity contribution in [3.05, 3.63) is 35.9 Å². The minimum atomic E-state index is -0.459. The molecule has 1 amide bonds. The van der Waals surface area contributed by atoms with Crippen LogP contribution in [0.15, 0.2) is 30.3 Å². The first-order chi connectivity index (χ1) is 10.7. The number of carbonyl (C=O) groups excluding carboxylic acids is 1. The van der Waals surface area contributed by atoms with E-state index in [1.165, 1.54) is 5.56 Å². The lowest BCUT2D eigenvalue weighted by atomic mass is 9.88. The van der Waals surface area contributed by atoms with Gasteiger partial charge < -0.3 is 10.1 Å². The predicted molar refractivity (Wildman–Crippen MR) is 93.3 cm³/mol. The van der Waals surface area contributed by atoms with Crippen molar-refractivity contribution in [3.63, 3.8) is 0 Å². The van der Waals surface area contributed by atoms with Gasteiger partial charge in [-0.1, -0.05) is 37.3 Å². The zero-order chi connectivity index (χ0) is 17.0. The van der Waals surface area contributed by atoms with Crippen LogP contribution in [-0.4, -0.2) is 35.2 Å². The molecule has 128 valence electrons. The van der Waals surface area contributed by atoms with Crippen LogP contribution >= 0.6 is 0 Å². The molecule has 2 rings (SSSR count). The molecule has 23 heavy (non-hydrogen) atoms. The summed E-state index contributed by atoms with van der Waals surface area (Å²) in [6.07, 6.45) is 0.761. The number of hydrogen-bond donors (Lipinski definition) is 1. The Morgan fingerprint density at radius 3 is 2.52 bits per heavy atom. The number of likely N-dealkylation sites (tertiary alicyclic amines) is 1. The van der Waals surface area contributed by atoms with Crippen LogP contribution in [0, 0.1) is 5.92 Å². The molecule has 1 aromatic carbocycles. The summed E-state index contributed by atoms with van der Waals surface area (Å²) in [6, 6.07) is 11.1. The van der Waals surface area contributed by atoms with E-state index in [-0.39, 0.29) is 12.1 Å². The molecule has 0 unspecified atom stereocenters. The maximum Gasteiger partial charge on any atom is 0.407 e. The molecule has 1 N–H and O–H groups in total. The summed E-state index contributed by atoms with van der Waals surface area (Å²) >= 11 is 0. The van der Waals surface area contributed by atoms with Gasteiger partial charge in [0.2, 0.25) is 0 Å². The summed E-state index contributed by atoms with van der Waals surface area (Å²) in [6.45, 7) is 11.9. The van der Waals surface area contributed by atoms with Crippen molar-refractivity contribution in [3.8, 4) is 0 Å². The summed E-state index contributed by atoms with van der Waals surface area (Å²) in [5, 5.41) is 3.06. The van der Waals surface area contributed by atoms with E-state index < -0.39 is 5.60 Å². The van der Waals surface area contributed by atoms with Gasteiger partial charge in [-0.15, -0.1) is 0 Å². The third kappa shape index (κ3) is 5.54. The molecule has 4 heteroatoms. The van der Waals surface area contributed by atoms with E-state index in [2.05, 4.69) is 48.3 Å². The van der Waals surface area contributed by atoms with Crippen LogP contribution < -0.4 is 5.32 Å². The van der Waals surface area contributed by atoms with Gasteiger partial charge in [-0.2, -0.15) is 0 Å². The monoisotopic (exact) mass is 318 g/mol. The highest BCUT2D eigenvalue weighted by Crippen LogP contribution is 2.24. The fraction of sp³-hybridized carbons (Fsp3) is 0.632. The highest BCUT2D eigenvalue weighted by Gasteiger charge is 2.32. The minimum Gasteiger partial charge on any atom is -0.444 e. The Morgan fingerprint density at radius 1 is 1.26 bits per heavy atom. The molecule has 1 aliphatic heterocycles. The van der Waals surface area contributed by atoms with Crippen LogP contribution in [0.3, 0.4) is 0 Å². The average Bonchev–Trinajstić information content (AvgIpc) is 2.43. The fourth-order valence-electron chi connectivity index (χ4n) is 3.15. The molecule has 0 saturated carbocycles. The number of ether oxygens (including phenoxy) is 1. The Labute approximate surface area is 140 Å². The molecule has 1 saturated heterocycles. The number of hydrogen-bond acceptors (Lipinski definition) is 3. The lowest BCUT2D eigenvalue weighted by Crippen LogP contribution is -2.55. The number of piperidine rings is 1. The topological polar surface area (TPSA) is 41.6 Å². The zero-order valence-electron chi connectivity index (χ0n) is 15.0. The predicted octanol–water partition coefficient (Wildman–Crippen LogP) is 3.81. The second-order valence-electron chi connectivity index (χ2n) is 7.73. The van der Waals surface area contributed by atoms with Crippen molar-refractivity contribution >= 4 is 6.09 Å². The van der Waals surface area contributed by atoms with Gasteiger partial charge in [-0.05, 0) is 45.6 Å². The van der Waals surface area contributed by atoms with Gasteiger partial charge in [-0.25, -0.2) is 4.79 Å². The third-order valence-corrected chi connectivity index (χ3v) is 4.38. The normalized spacial score (nSPS) is 25.9. The fourth-order valence-corrected chi connectivity index (χ4v) is 3.15. The highest BCUT2D eigenvalue weighted by molar-refractivity contribution is 5.68. The Morgan fingerprint density at radius 2 is 1.91 bits per heavy atom. The van der Waals surface area contributed by atoms with Gasteiger partial charge in [0.25, 0.3) is 0 Å². The minimum absolute atomic E-state index is 0.129. The maximum absolute atomic E-state index is 12.1. The van der Waals surface area contributed by atoms with E-state index in [1.54, 1.807) is 0 Å². The Kier molecular flexibility index (Phi) is 5.69. The zero-order valence-corrected chi connectivity index (χ0v) is 15.0. The van der Waals surface area contributed by atoms with E-state index >= 15 is 0 Å². The van der Waals surface area contributed by atoms with Crippen LogP contribution in [0.2, 0.25) is 0 Å². The second kappa shape index (κ2) is 7.35. The van der Waals surface area contributed by atoms with E-state index in [0.29, 0.717) is 12.0 Å². The van der Waals surface area contributed by atoms with E-state index in [9.17, 15) is 4.79 Å². The number of nitrogens with one attached hydrogen (secondary N) is 1. The van der Waals surface area contributed by atoms with Gasteiger partial charge >= 0.3 is 6.09 Å². The Balaban J connectivity index is 1.96. The number of carbonyl (C=O) groups is 1. The molecule has 4 nitrogen and oxygen atoms in total. The molecule has 1 fully saturated rings. The highest BCUT2D eigenvalue weighted by atomic mass is 16.6. The average molecular weight is 318 g/mol. The first kappa shape index (κ1) is 17.8. The van der Waals surface area contributed by atoms with Gasteiger partial charge in [0, 0.05) is 25.2 Å². The van der Waals surface area contributed by atoms with Crippen molar-refractivity contribution < 1.29 is 9.53 Å². The Bertz CT molecular complexity index is 510. The molecule has 1 aliphatic rings. The van der Waals surface area contributed by atoms with E-state index in [1.807, 2.05) is 26.8 Å². The number of benzene rings is 1. The quantitative estimate of drug-likeness (QED) is 0.921. The first-order valence-electron chi connectivity index (χ1n) is 8.52. The summed E-state index contributed by atoms with van der Waals surface area (Å²) in [5.41, 5.74) is 0.851. The van der Waals surface area contributed by atoms with Crippen LogP contribution in [0.25, 0.3) is 0 Å². The van der Waals surface area contributed by atoms with Gasteiger partial charge in [0.15, 0.2) is 0 Å². The first-order valence-corrected chi connectivity index (χ1v) is 8.52. The van der Waals surface area contributed by atoms with Crippen molar-refractivity contribution in [2.45, 2.75) is 65.3 Å². The number of amides is 1. The van der Waals surface area contributed by atoms with E-state index in [0.717, 1.165) is 19.5 Å². The van der Waals surface area contributed by atoms with Crippen molar-refractivity contribution in [2.75, 3.05) is 6.54 Å². The summed E-state index contributed by atoms with van der Waals surface area (Å²) < 4.78 is 5.40. The number of nitrogens with zero attached hydrogens (tertiary/aromatic N) is 1. The molecule has 0 bridgehead atoms. The van der Waals surface area contributed by atoms with Crippen molar-refractivity contribution in [1.82, 2.24) is 10.2 Å². The molecular weight excluding hydrogens is 288 g/mol. The molecule has 1 aromatic rings. The van der Waals surface area contributed by atoms with Gasteiger partial charge in [-0.3, -0.25) is 4.90 Å². The van der Waals surface area contributed by atoms with Crippen LogP contribution in [0.5, 0.6) is 0 Å². The number of rotatable bonds is 3. The van der Waals surface area contributed by atoms with E-state index in [4.69, 9.17) is 4.74 Å². The molecule has 1 heterocycles. The molecule has 0 radical (unpaired) electrons. The molecule has 0 aromatic heterocycles. The number of alkyl carbamates (subject to hydrolysis) is 1. The molecule has 3 atom stereocenters. The standard InChI is InChI=1S/C19H30N2O2/c1-14-11-15(2)21(12-16-9-7-6-8-10-16)13-17(14)20-18(22)23-19(3,4)5/h6-10,14-15,17H,11-13H2,1-5H3,(H,20,22)/t14-,15-,17-/m1/s1. The second-order valence-corrected chi connectivity index (χ2v) is 7.73. The van der Waals surface area contributed by atoms with Gasteiger partial charge in [0.05, 0.1) is 0 Å². The molecular formula is C19H30N2O2. The van der Waals surface area contributed by atoms with Crippen LogP contribution in [0.4, 0.5) is 4.79 Å². The molecule has 0 spiro atoms.